The Bertz CT molecular complexity index is 853. The molecule has 3 rings (SSSR count). The normalized spacial score (nSPS) is 14.3. The van der Waals surface area contributed by atoms with Crippen LogP contribution in [-0.2, 0) is 4.79 Å². The zero-order valence-electron chi connectivity index (χ0n) is 17.0. The average Bonchev–Trinajstić information content (AvgIpc) is 2.69. The number of pyridine rings is 1. The predicted octanol–water partition coefficient (Wildman–Crippen LogP) is 3.56. The number of nitrogens with zero attached hydrogens (tertiary/aromatic N) is 3. The molecule has 2 amide bonds. The lowest BCUT2D eigenvalue weighted by Crippen LogP contribution is -2.50. The van der Waals surface area contributed by atoms with E-state index in [4.69, 9.17) is 0 Å². The Morgan fingerprint density at radius 3 is 2.29 bits per heavy atom. The highest BCUT2D eigenvalue weighted by Gasteiger charge is 2.24. The number of amides is 2. The summed E-state index contributed by atoms with van der Waals surface area (Å²) in [6, 6.07) is 9.94. The van der Waals surface area contributed by atoms with Gasteiger partial charge in [-0.2, -0.15) is 0 Å². The van der Waals surface area contributed by atoms with E-state index in [-0.39, 0.29) is 11.8 Å². The van der Waals surface area contributed by atoms with Crippen molar-refractivity contribution in [1.29, 1.82) is 0 Å². The molecule has 6 nitrogen and oxygen atoms in total. The van der Waals surface area contributed by atoms with Gasteiger partial charge in [0.05, 0.1) is 11.9 Å². The molecular formula is C22H28N4O2. The quantitative estimate of drug-likeness (QED) is 0.881. The first-order valence-corrected chi connectivity index (χ1v) is 9.74. The molecule has 2 heterocycles. The van der Waals surface area contributed by atoms with Crippen LogP contribution < -0.4 is 5.32 Å². The SMILES string of the molecule is CC(=O)N1CCN(C(=O)c2ccc(Nc3c(C)cccc3C(C)C)cn2)CC1. The fraction of sp³-hybridized carbons (Fsp3) is 0.409. The number of para-hydroxylation sites is 1. The van der Waals surface area contributed by atoms with Crippen molar-refractivity contribution >= 4 is 23.2 Å². The molecular weight excluding hydrogens is 352 g/mol. The van der Waals surface area contributed by atoms with Crippen LogP contribution >= 0.6 is 0 Å². The van der Waals surface area contributed by atoms with Crippen LogP contribution in [0.1, 0.15) is 48.3 Å². The maximum atomic E-state index is 12.7. The molecule has 1 aromatic heterocycles. The summed E-state index contributed by atoms with van der Waals surface area (Å²) in [4.78, 5) is 32.0. The highest BCUT2D eigenvalue weighted by Crippen LogP contribution is 2.30. The summed E-state index contributed by atoms with van der Waals surface area (Å²) < 4.78 is 0. The minimum absolute atomic E-state index is 0.0534. The third-order valence-corrected chi connectivity index (χ3v) is 5.19. The number of carbonyl (C=O) groups excluding carboxylic acids is 2. The topological polar surface area (TPSA) is 65.5 Å². The van der Waals surface area contributed by atoms with Crippen LogP contribution in [-0.4, -0.2) is 52.8 Å². The van der Waals surface area contributed by atoms with Crippen molar-refractivity contribution in [2.75, 3.05) is 31.5 Å². The van der Waals surface area contributed by atoms with Crippen LogP contribution in [0.4, 0.5) is 11.4 Å². The molecule has 28 heavy (non-hydrogen) atoms. The van der Waals surface area contributed by atoms with Gasteiger partial charge in [0.2, 0.25) is 5.91 Å². The molecule has 0 saturated carbocycles. The molecule has 0 unspecified atom stereocenters. The van der Waals surface area contributed by atoms with Gasteiger partial charge >= 0.3 is 0 Å². The van der Waals surface area contributed by atoms with Gasteiger partial charge in [-0.1, -0.05) is 32.0 Å². The van der Waals surface area contributed by atoms with E-state index in [0.29, 0.717) is 37.8 Å². The van der Waals surface area contributed by atoms with Gasteiger partial charge in [0, 0.05) is 38.8 Å². The Morgan fingerprint density at radius 1 is 1.04 bits per heavy atom. The van der Waals surface area contributed by atoms with E-state index >= 15 is 0 Å². The second kappa shape index (κ2) is 8.42. The van der Waals surface area contributed by atoms with Crippen LogP contribution in [0, 0.1) is 6.92 Å². The van der Waals surface area contributed by atoms with E-state index in [9.17, 15) is 9.59 Å². The number of hydrogen-bond acceptors (Lipinski definition) is 4. The van der Waals surface area contributed by atoms with Crippen LogP contribution in [0.2, 0.25) is 0 Å². The number of aryl methyl sites for hydroxylation is 1. The molecule has 148 valence electrons. The molecule has 2 aromatic rings. The third kappa shape index (κ3) is 4.32. The van der Waals surface area contributed by atoms with Gasteiger partial charge in [0.25, 0.3) is 5.91 Å². The lowest BCUT2D eigenvalue weighted by Gasteiger charge is -2.34. The van der Waals surface area contributed by atoms with E-state index < -0.39 is 0 Å². The standard InChI is InChI=1S/C22H28N4O2/c1-15(2)19-7-5-6-16(3)21(19)24-18-8-9-20(23-14-18)22(28)26-12-10-25(11-13-26)17(4)27/h5-9,14-15,24H,10-13H2,1-4H3. The van der Waals surface area contributed by atoms with E-state index in [1.807, 2.05) is 6.07 Å². The lowest BCUT2D eigenvalue weighted by atomic mass is 9.98. The zero-order valence-corrected chi connectivity index (χ0v) is 17.0. The van der Waals surface area contributed by atoms with Gasteiger partial charge in [-0.25, -0.2) is 4.98 Å². The van der Waals surface area contributed by atoms with Crippen molar-refractivity contribution in [1.82, 2.24) is 14.8 Å². The second-order valence-electron chi connectivity index (χ2n) is 7.55. The average molecular weight is 380 g/mol. The van der Waals surface area contributed by atoms with Crippen molar-refractivity contribution in [3.63, 3.8) is 0 Å². The molecule has 1 fully saturated rings. The van der Waals surface area contributed by atoms with Crippen LogP contribution in [0.3, 0.4) is 0 Å². The Morgan fingerprint density at radius 2 is 1.71 bits per heavy atom. The van der Waals surface area contributed by atoms with Crippen molar-refractivity contribution < 1.29 is 9.59 Å². The number of rotatable bonds is 4. The molecule has 1 aromatic carbocycles. The summed E-state index contributed by atoms with van der Waals surface area (Å²) in [5.74, 6) is 0.371. The highest BCUT2D eigenvalue weighted by atomic mass is 16.2. The van der Waals surface area contributed by atoms with Gasteiger partial charge in [-0.15, -0.1) is 0 Å². The second-order valence-corrected chi connectivity index (χ2v) is 7.55. The lowest BCUT2D eigenvalue weighted by molar-refractivity contribution is -0.130. The monoisotopic (exact) mass is 380 g/mol. The van der Waals surface area contributed by atoms with Crippen LogP contribution in [0.5, 0.6) is 0 Å². The predicted molar refractivity (Wildman–Crippen MR) is 111 cm³/mol. The molecule has 0 radical (unpaired) electrons. The number of benzene rings is 1. The number of carbonyl (C=O) groups is 2. The fourth-order valence-electron chi connectivity index (χ4n) is 3.47. The first-order chi connectivity index (χ1) is 13.4. The van der Waals surface area contributed by atoms with Crippen molar-refractivity contribution in [3.8, 4) is 0 Å². The summed E-state index contributed by atoms with van der Waals surface area (Å²) in [5.41, 5.74) is 4.81. The molecule has 1 N–H and O–H groups in total. The maximum Gasteiger partial charge on any atom is 0.272 e. The van der Waals surface area contributed by atoms with Crippen molar-refractivity contribution in [2.45, 2.75) is 33.6 Å². The number of nitrogens with one attached hydrogen (secondary N) is 1. The first kappa shape index (κ1) is 19.9. The Balaban J connectivity index is 1.69. The summed E-state index contributed by atoms with van der Waals surface area (Å²) in [6.07, 6.45) is 1.70. The zero-order chi connectivity index (χ0) is 20.3. The molecule has 0 spiro atoms. The molecule has 0 bridgehead atoms. The summed E-state index contributed by atoms with van der Waals surface area (Å²) >= 11 is 0. The van der Waals surface area contributed by atoms with E-state index in [2.05, 4.69) is 49.3 Å². The van der Waals surface area contributed by atoms with Crippen molar-refractivity contribution in [3.05, 3.63) is 53.3 Å². The molecule has 0 atom stereocenters. The third-order valence-electron chi connectivity index (χ3n) is 5.19. The maximum absolute atomic E-state index is 12.7. The summed E-state index contributed by atoms with van der Waals surface area (Å²) in [7, 11) is 0. The Hall–Kier alpha value is -2.89. The number of piperazine rings is 1. The minimum atomic E-state index is -0.0893. The molecule has 0 aliphatic carbocycles. The molecule has 1 aliphatic rings. The molecule has 1 saturated heterocycles. The fourth-order valence-corrected chi connectivity index (χ4v) is 3.47. The van der Waals surface area contributed by atoms with Gasteiger partial charge in [-0.3, -0.25) is 9.59 Å². The smallest absolute Gasteiger partial charge is 0.272 e. The number of hydrogen-bond donors (Lipinski definition) is 1. The van der Waals surface area contributed by atoms with Crippen LogP contribution in [0.25, 0.3) is 0 Å². The minimum Gasteiger partial charge on any atom is -0.354 e. The van der Waals surface area contributed by atoms with Crippen LogP contribution in [0.15, 0.2) is 36.5 Å². The molecule has 1 aliphatic heterocycles. The van der Waals surface area contributed by atoms with E-state index in [1.54, 1.807) is 29.0 Å². The summed E-state index contributed by atoms with van der Waals surface area (Å²) in [5, 5.41) is 3.45. The number of anilines is 2. The highest BCUT2D eigenvalue weighted by molar-refractivity contribution is 5.92. The van der Waals surface area contributed by atoms with E-state index in [0.717, 1.165) is 11.4 Å². The number of aromatic nitrogens is 1. The van der Waals surface area contributed by atoms with Gasteiger partial charge in [-0.05, 0) is 36.1 Å². The Labute approximate surface area is 166 Å². The largest absolute Gasteiger partial charge is 0.354 e. The Kier molecular flexibility index (Phi) is 5.97. The molecule has 6 heteroatoms. The van der Waals surface area contributed by atoms with Gasteiger partial charge in [0.1, 0.15) is 5.69 Å². The van der Waals surface area contributed by atoms with Gasteiger partial charge < -0.3 is 15.1 Å². The van der Waals surface area contributed by atoms with Gasteiger partial charge in [0.15, 0.2) is 0 Å². The van der Waals surface area contributed by atoms with E-state index in [1.165, 1.54) is 11.1 Å². The summed E-state index contributed by atoms with van der Waals surface area (Å²) in [6.45, 7) is 10.2. The van der Waals surface area contributed by atoms with Crippen molar-refractivity contribution in [2.24, 2.45) is 0 Å². The first-order valence-electron chi connectivity index (χ1n) is 9.74.